The molecule has 3 nitrogen and oxygen atoms in total. The number of hydrogen-bond donors (Lipinski definition) is 0. The average Bonchev–Trinajstić information content (AvgIpc) is 2.48. The molecule has 2 saturated heterocycles. The SMILES string of the molecule is O=C(C1=CCCCC1)C1CCOC2(CCOCC2)C1. The van der Waals surface area contributed by atoms with Gasteiger partial charge < -0.3 is 9.47 Å². The van der Waals surface area contributed by atoms with Crippen LogP contribution in [0.1, 0.15) is 51.4 Å². The Balaban J connectivity index is 1.67. The van der Waals surface area contributed by atoms with Crippen molar-refractivity contribution in [2.24, 2.45) is 5.92 Å². The molecule has 19 heavy (non-hydrogen) atoms. The first-order valence-corrected chi connectivity index (χ1v) is 7.74. The van der Waals surface area contributed by atoms with Gasteiger partial charge in [0.15, 0.2) is 5.78 Å². The Hall–Kier alpha value is -0.670. The number of carbonyl (C=O) groups excluding carboxylic acids is 1. The minimum atomic E-state index is -0.0634. The first kappa shape index (κ1) is 13.3. The zero-order valence-corrected chi connectivity index (χ0v) is 11.7. The Morgan fingerprint density at radius 1 is 1.21 bits per heavy atom. The summed E-state index contributed by atoms with van der Waals surface area (Å²) in [6, 6.07) is 0. The fraction of sp³-hybridized carbons (Fsp3) is 0.812. The lowest BCUT2D eigenvalue weighted by molar-refractivity contribution is -0.155. The summed E-state index contributed by atoms with van der Waals surface area (Å²) in [6.45, 7) is 2.30. The first-order chi connectivity index (χ1) is 9.29. The minimum absolute atomic E-state index is 0.0634. The number of Topliss-reactive ketones (excluding diaryl/α,β-unsaturated/α-hetero) is 1. The molecule has 0 radical (unpaired) electrons. The largest absolute Gasteiger partial charge is 0.381 e. The highest BCUT2D eigenvalue weighted by atomic mass is 16.5. The number of rotatable bonds is 2. The molecule has 1 unspecified atom stereocenters. The van der Waals surface area contributed by atoms with Crippen LogP contribution >= 0.6 is 0 Å². The molecule has 2 fully saturated rings. The van der Waals surface area contributed by atoms with E-state index >= 15 is 0 Å². The third-order valence-electron chi connectivity index (χ3n) is 4.88. The van der Waals surface area contributed by atoms with E-state index in [2.05, 4.69) is 6.08 Å². The molecule has 2 aliphatic heterocycles. The third kappa shape index (κ3) is 2.92. The van der Waals surface area contributed by atoms with Gasteiger partial charge in [-0.1, -0.05) is 6.08 Å². The van der Waals surface area contributed by atoms with Gasteiger partial charge in [0, 0.05) is 25.7 Å². The molecule has 1 aliphatic carbocycles. The molecule has 3 rings (SSSR count). The van der Waals surface area contributed by atoms with Crippen LogP contribution in [0.25, 0.3) is 0 Å². The predicted octanol–water partition coefficient (Wildman–Crippen LogP) is 3.03. The van der Waals surface area contributed by atoms with E-state index in [-0.39, 0.29) is 11.5 Å². The summed E-state index contributed by atoms with van der Waals surface area (Å²) in [6.07, 6.45) is 10.4. The van der Waals surface area contributed by atoms with Crippen LogP contribution < -0.4 is 0 Å². The summed E-state index contributed by atoms with van der Waals surface area (Å²) in [7, 11) is 0. The van der Waals surface area contributed by atoms with Crippen LogP contribution in [0.3, 0.4) is 0 Å². The quantitative estimate of drug-likeness (QED) is 0.769. The summed E-state index contributed by atoms with van der Waals surface area (Å²) >= 11 is 0. The molecule has 3 heteroatoms. The van der Waals surface area contributed by atoms with Gasteiger partial charge in [-0.15, -0.1) is 0 Å². The van der Waals surface area contributed by atoms with Gasteiger partial charge in [0.2, 0.25) is 0 Å². The number of hydrogen-bond acceptors (Lipinski definition) is 3. The fourth-order valence-corrected chi connectivity index (χ4v) is 3.67. The van der Waals surface area contributed by atoms with E-state index in [0.717, 1.165) is 63.9 Å². The number of ketones is 1. The standard InChI is InChI=1S/C16H24O3/c17-15(13-4-2-1-3-5-13)14-6-9-19-16(12-14)7-10-18-11-8-16/h4,14H,1-3,5-12H2. The molecular formula is C16H24O3. The van der Waals surface area contributed by atoms with Crippen molar-refractivity contribution < 1.29 is 14.3 Å². The van der Waals surface area contributed by atoms with Gasteiger partial charge >= 0.3 is 0 Å². The Labute approximate surface area is 115 Å². The van der Waals surface area contributed by atoms with Crippen molar-refractivity contribution in [3.05, 3.63) is 11.6 Å². The maximum absolute atomic E-state index is 12.6. The molecular weight excluding hydrogens is 240 g/mol. The van der Waals surface area contributed by atoms with Crippen LogP contribution in [0.4, 0.5) is 0 Å². The maximum Gasteiger partial charge on any atom is 0.161 e. The van der Waals surface area contributed by atoms with Crippen LogP contribution in [-0.2, 0) is 14.3 Å². The summed E-state index contributed by atoms with van der Waals surface area (Å²) in [4.78, 5) is 12.6. The zero-order chi connectivity index (χ0) is 13.1. The maximum atomic E-state index is 12.6. The highest BCUT2D eigenvalue weighted by Crippen LogP contribution is 2.38. The van der Waals surface area contributed by atoms with Crippen molar-refractivity contribution in [2.75, 3.05) is 19.8 Å². The van der Waals surface area contributed by atoms with Crippen LogP contribution in [0.15, 0.2) is 11.6 Å². The van der Waals surface area contributed by atoms with Crippen molar-refractivity contribution >= 4 is 5.78 Å². The molecule has 0 saturated carbocycles. The molecule has 3 aliphatic rings. The lowest BCUT2D eigenvalue weighted by atomic mass is 9.76. The first-order valence-electron chi connectivity index (χ1n) is 7.74. The van der Waals surface area contributed by atoms with E-state index in [1.807, 2.05) is 0 Å². The lowest BCUT2D eigenvalue weighted by Crippen LogP contribution is -2.46. The van der Waals surface area contributed by atoms with E-state index in [1.165, 1.54) is 12.8 Å². The highest BCUT2D eigenvalue weighted by molar-refractivity contribution is 5.97. The van der Waals surface area contributed by atoms with Crippen LogP contribution in [0.5, 0.6) is 0 Å². The topological polar surface area (TPSA) is 35.5 Å². The molecule has 2 heterocycles. The Bertz CT molecular complexity index is 361. The third-order valence-corrected chi connectivity index (χ3v) is 4.88. The van der Waals surface area contributed by atoms with Crippen molar-refractivity contribution in [1.29, 1.82) is 0 Å². The van der Waals surface area contributed by atoms with Crippen LogP contribution in [-0.4, -0.2) is 31.2 Å². The van der Waals surface area contributed by atoms with Crippen molar-refractivity contribution in [1.82, 2.24) is 0 Å². The fourth-order valence-electron chi connectivity index (χ4n) is 3.67. The number of carbonyl (C=O) groups is 1. The van der Waals surface area contributed by atoms with E-state index in [4.69, 9.17) is 9.47 Å². The number of allylic oxidation sites excluding steroid dienone is 2. The second-order valence-electron chi connectivity index (χ2n) is 6.17. The molecule has 0 aromatic carbocycles. The summed E-state index contributed by atoms with van der Waals surface area (Å²) in [5.74, 6) is 0.602. The lowest BCUT2D eigenvalue weighted by Gasteiger charge is -2.43. The summed E-state index contributed by atoms with van der Waals surface area (Å²) < 4.78 is 11.5. The second kappa shape index (κ2) is 5.76. The zero-order valence-electron chi connectivity index (χ0n) is 11.7. The van der Waals surface area contributed by atoms with Crippen molar-refractivity contribution in [3.63, 3.8) is 0 Å². The molecule has 1 atom stereocenters. The molecule has 0 aromatic heterocycles. The van der Waals surface area contributed by atoms with Gasteiger partial charge in [-0.3, -0.25) is 4.79 Å². The van der Waals surface area contributed by atoms with Gasteiger partial charge in [0.25, 0.3) is 0 Å². The molecule has 0 aromatic rings. The summed E-state index contributed by atoms with van der Waals surface area (Å²) in [5.41, 5.74) is 1.03. The molecule has 106 valence electrons. The van der Waals surface area contributed by atoms with E-state index in [1.54, 1.807) is 0 Å². The number of ether oxygens (including phenoxy) is 2. The molecule has 1 spiro atoms. The van der Waals surface area contributed by atoms with Crippen molar-refractivity contribution in [2.45, 2.75) is 57.0 Å². The van der Waals surface area contributed by atoms with E-state index < -0.39 is 0 Å². The Morgan fingerprint density at radius 2 is 2.05 bits per heavy atom. The van der Waals surface area contributed by atoms with Crippen LogP contribution in [0, 0.1) is 5.92 Å². The molecule has 0 N–H and O–H groups in total. The monoisotopic (exact) mass is 264 g/mol. The average molecular weight is 264 g/mol. The van der Waals surface area contributed by atoms with Gasteiger partial charge in [-0.2, -0.15) is 0 Å². The van der Waals surface area contributed by atoms with Crippen molar-refractivity contribution in [3.8, 4) is 0 Å². The predicted molar refractivity (Wildman–Crippen MR) is 73.0 cm³/mol. The highest BCUT2D eigenvalue weighted by Gasteiger charge is 2.41. The smallest absolute Gasteiger partial charge is 0.161 e. The normalized spacial score (nSPS) is 30.9. The minimum Gasteiger partial charge on any atom is -0.381 e. The van der Waals surface area contributed by atoms with Gasteiger partial charge in [-0.05, 0) is 56.9 Å². The van der Waals surface area contributed by atoms with Gasteiger partial charge in [0.05, 0.1) is 5.60 Å². The van der Waals surface area contributed by atoms with Crippen LogP contribution in [0.2, 0.25) is 0 Å². The van der Waals surface area contributed by atoms with Gasteiger partial charge in [0.1, 0.15) is 0 Å². The molecule has 0 bridgehead atoms. The summed E-state index contributed by atoms with van der Waals surface area (Å²) in [5, 5.41) is 0. The Morgan fingerprint density at radius 3 is 2.79 bits per heavy atom. The van der Waals surface area contributed by atoms with E-state index in [9.17, 15) is 4.79 Å². The second-order valence-corrected chi connectivity index (χ2v) is 6.17. The van der Waals surface area contributed by atoms with E-state index in [0.29, 0.717) is 5.78 Å². The Kier molecular flexibility index (Phi) is 4.04. The van der Waals surface area contributed by atoms with Gasteiger partial charge in [-0.25, -0.2) is 0 Å². The molecule has 0 amide bonds.